The number of rotatable bonds is 5. The molecule has 0 aliphatic heterocycles. The standard InChI is InChI=1S/C8H13NO5/c10-7(8(11)12)6(9(13)14)4-5-2-1-3-5/h5-7,10H,1-4H2,(H,11,12)/t6?,7-/m1/s1. The molecule has 1 aliphatic carbocycles. The number of carboxylic acids is 1. The van der Waals surface area contributed by atoms with Gasteiger partial charge < -0.3 is 10.2 Å². The van der Waals surface area contributed by atoms with Crippen LogP contribution in [0.15, 0.2) is 0 Å². The number of aliphatic carboxylic acids is 1. The molecule has 1 fully saturated rings. The van der Waals surface area contributed by atoms with Crippen LogP contribution in [0.1, 0.15) is 25.7 Å². The van der Waals surface area contributed by atoms with Gasteiger partial charge in [-0.2, -0.15) is 0 Å². The summed E-state index contributed by atoms with van der Waals surface area (Å²) in [5.74, 6) is -1.31. The van der Waals surface area contributed by atoms with Crippen molar-refractivity contribution in [1.82, 2.24) is 0 Å². The lowest BCUT2D eigenvalue weighted by Gasteiger charge is -2.26. The summed E-state index contributed by atoms with van der Waals surface area (Å²) in [5, 5.41) is 28.0. The smallest absolute Gasteiger partial charge is 0.339 e. The van der Waals surface area contributed by atoms with Crippen LogP contribution in [0.5, 0.6) is 0 Å². The lowest BCUT2D eigenvalue weighted by molar-refractivity contribution is -0.534. The van der Waals surface area contributed by atoms with Crippen molar-refractivity contribution in [3.05, 3.63) is 10.1 Å². The summed E-state index contributed by atoms with van der Waals surface area (Å²) in [6, 6.07) is -1.36. The zero-order valence-electron chi connectivity index (χ0n) is 7.63. The molecule has 0 radical (unpaired) electrons. The number of aliphatic hydroxyl groups excluding tert-OH is 1. The fourth-order valence-electron chi connectivity index (χ4n) is 1.56. The van der Waals surface area contributed by atoms with Crippen LogP contribution in [-0.4, -0.2) is 33.3 Å². The first-order valence-electron chi connectivity index (χ1n) is 4.56. The quantitative estimate of drug-likeness (QED) is 0.493. The van der Waals surface area contributed by atoms with Crippen molar-refractivity contribution in [1.29, 1.82) is 0 Å². The minimum atomic E-state index is -1.88. The van der Waals surface area contributed by atoms with E-state index in [9.17, 15) is 14.9 Å². The van der Waals surface area contributed by atoms with Gasteiger partial charge in [0.2, 0.25) is 12.1 Å². The second-order valence-electron chi connectivity index (χ2n) is 3.67. The monoisotopic (exact) mass is 203 g/mol. The normalized spacial score (nSPS) is 20.9. The summed E-state index contributed by atoms with van der Waals surface area (Å²) in [7, 11) is 0. The highest BCUT2D eigenvalue weighted by molar-refractivity contribution is 5.72. The minimum absolute atomic E-state index is 0.167. The largest absolute Gasteiger partial charge is 0.479 e. The van der Waals surface area contributed by atoms with Crippen LogP contribution < -0.4 is 0 Å². The Labute approximate surface area is 80.7 Å². The number of carbonyl (C=O) groups is 1. The first kappa shape index (κ1) is 10.9. The second-order valence-corrected chi connectivity index (χ2v) is 3.67. The van der Waals surface area contributed by atoms with Crippen LogP contribution in [0.4, 0.5) is 0 Å². The maximum Gasteiger partial charge on any atom is 0.339 e. The Kier molecular flexibility index (Phi) is 3.40. The van der Waals surface area contributed by atoms with Crippen LogP contribution in [0.3, 0.4) is 0 Å². The zero-order valence-corrected chi connectivity index (χ0v) is 7.63. The zero-order chi connectivity index (χ0) is 10.7. The first-order chi connectivity index (χ1) is 6.52. The van der Waals surface area contributed by atoms with Crippen molar-refractivity contribution in [2.75, 3.05) is 0 Å². The Bertz CT molecular complexity index is 238. The lowest BCUT2D eigenvalue weighted by Crippen LogP contribution is -2.41. The van der Waals surface area contributed by atoms with Gasteiger partial charge in [0.25, 0.3) is 0 Å². The molecule has 0 amide bonds. The number of hydrogen-bond acceptors (Lipinski definition) is 4. The van der Waals surface area contributed by atoms with Crippen LogP contribution in [0, 0.1) is 16.0 Å². The molecule has 0 bridgehead atoms. The molecule has 1 unspecified atom stereocenters. The van der Waals surface area contributed by atoms with Gasteiger partial charge in [-0.3, -0.25) is 10.1 Å². The average molecular weight is 203 g/mol. The van der Waals surface area contributed by atoms with E-state index in [-0.39, 0.29) is 12.3 Å². The maximum absolute atomic E-state index is 10.5. The lowest BCUT2D eigenvalue weighted by atomic mass is 9.80. The fourth-order valence-corrected chi connectivity index (χ4v) is 1.56. The van der Waals surface area contributed by atoms with Gasteiger partial charge >= 0.3 is 5.97 Å². The highest BCUT2D eigenvalue weighted by Crippen LogP contribution is 2.31. The van der Waals surface area contributed by atoms with E-state index in [0.717, 1.165) is 19.3 Å². The Morgan fingerprint density at radius 2 is 2.14 bits per heavy atom. The molecule has 6 nitrogen and oxygen atoms in total. The molecule has 0 saturated heterocycles. The van der Waals surface area contributed by atoms with Gasteiger partial charge in [-0.15, -0.1) is 0 Å². The summed E-state index contributed by atoms with van der Waals surface area (Å²) in [5.41, 5.74) is 0. The van der Waals surface area contributed by atoms with Crippen LogP contribution in [-0.2, 0) is 4.79 Å². The van der Waals surface area contributed by atoms with E-state index < -0.39 is 23.0 Å². The van der Waals surface area contributed by atoms with E-state index in [0.29, 0.717) is 0 Å². The van der Waals surface area contributed by atoms with E-state index >= 15 is 0 Å². The molecule has 80 valence electrons. The molecule has 1 saturated carbocycles. The highest BCUT2D eigenvalue weighted by Gasteiger charge is 2.38. The van der Waals surface area contributed by atoms with Crippen LogP contribution >= 0.6 is 0 Å². The van der Waals surface area contributed by atoms with E-state index in [1.807, 2.05) is 0 Å². The third kappa shape index (κ3) is 2.41. The van der Waals surface area contributed by atoms with E-state index in [1.54, 1.807) is 0 Å². The van der Waals surface area contributed by atoms with E-state index in [2.05, 4.69) is 0 Å². The molecule has 0 aromatic rings. The van der Waals surface area contributed by atoms with Crippen molar-refractivity contribution in [3.63, 3.8) is 0 Å². The summed E-state index contributed by atoms with van der Waals surface area (Å²) < 4.78 is 0. The molecule has 1 rings (SSSR count). The van der Waals surface area contributed by atoms with Gasteiger partial charge in [0.1, 0.15) is 0 Å². The third-order valence-electron chi connectivity index (χ3n) is 2.69. The topological polar surface area (TPSA) is 101 Å². The molecule has 0 heterocycles. The van der Waals surface area contributed by atoms with Crippen LogP contribution in [0.25, 0.3) is 0 Å². The van der Waals surface area contributed by atoms with Crippen molar-refractivity contribution in [2.45, 2.75) is 37.8 Å². The molecule has 2 N–H and O–H groups in total. The van der Waals surface area contributed by atoms with E-state index in [1.165, 1.54) is 0 Å². The Morgan fingerprint density at radius 3 is 2.43 bits per heavy atom. The van der Waals surface area contributed by atoms with Gasteiger partial charge in [0.15, 0.2) is 0 Å². The third-order valence-corrected chi connectivity index (χ3v) is 2.69. The molecule has 0 spiro atoms. The summed E-state index contributed by atoms with van der Waals surface area (Å²) in [4.78, 5) is 20.2. The van der Waals surface area contributed by atoms with Crippen molar-refractivity contribution in [2.24, 2.45) is 5.92 Å². The van der Waals surface area contributed by atoms with Crippen molar-refractivity contribution >= 4 is 5.97 Å². The predicted octanol–water partition coefficient (Wildman–Crippen LogP) is 0.267. The SMILES string of the molecule is O=C(O)[C@H](O)C(CC1CCC1)[N+](=O)[O-]. The minimum Gasteiger partial charge on any atom is -0.479 e. The number of aliphatic hydroxyl groups is 1. The Morgan fingerprint density at radius 1 is 1.57 bits per heavy atom. The molecule has 0 aromatic carbocycles. The molecule has 14 heavy (non-hydrogen) atoms. The molecular formula is C8H13NO5. The second kappa shape index (κ2) is 4.36. The molecular weight excluding hydrogens is 190 g/mol. The van der Waals surface area contributed by atoms with Crippen LogP contribution in [0.2, 0.25) is 0 Å². The summed E-state index contributed by atoms with van der Waals surface area (Å²) >= 11 is 0. The van der Waals surface area contributed by atoms with Gasteiger partial charge in [0, 0.05) is 11.3 Å². The number of nitro groups is 1. The van der Waals surface area contributed by atoms with Gasteiger partial charge in [-0.1, -0.05) is 19.3 Å². The molecule has 6 heteroatoms. The van der Waals surface area contributed by atoms with Gasteiger partial charge in [0.05, 0.1) is 0 Å². The number of carboxylic acid groups (broad SMARTS) is 1. The van der Waals surface area contributed by atoms with Gasteiger partial charge in [-0.05, 0) is 5.92 Å². The molecule has 2 atom stereocenters. The molecule has 0 aromatic heterocycles. The van der Waals surface area contributed by atoms with Gasteiger partial charge in [-0.25, -0.2) is 4.79 Å². The number of hydrogen-bond donors (Lipinski definition) is 2. The highest BCUT2D eigenvalue weighted by atomic mass is 16.6. The van der Waals surface area contributed by atoms with Crippen molar-refractivity contribution in [3.8, 4) is 0 Å². The number of nitrogens with zero attached hydrogens (tertiary/aromatic N) is 1. The summed E-state index contributed by atoms with van der Waals surface area (Å²) in [6.07, 6.45) is 1.12. The van der Waals surface area contributed by atoms with Crippen molar-refractivity contribution < 1.29 is 19.9 Å². The summed E-state index contributed by atoms with van der Waals surface area (Å²) in [6.45, 7) is 0. The average Bonchev–Trinajstić information content (AvgIpc) is 2.00. The predicted molar refractivity (Wildman–Crippen MR) is 46.4 cm³/mol. The first-order valence-corrected chi connectivity index (χ1v) is 4.56. The maximum atomic E-state index is 10.5. The van der Waals surface area contributed by atoms with E-state index in [4.69, 9.17) is 10.2 Å². The molecule has 1 aliphatic rings. The Hall–Kier alpha value is -1.17. The fraction of sp³-hybridized carbons (Fsp3) is 0.875. The Balaban J connectivity index is 2.53.